The van der Waals surface area contributed by atoms with Crippen molar-refractivity contribution >= 4 is 31.6 Å². The molecule has 14 nitrogen and oxygen atoms in total. The van der Waals surface area contributed by atoms with Crippen LogP contribution in [0.5, 0.6) is 0 Å². The summed E-state index contributed by atoms with van der Waals surface area (Å²) in [5.41, 5.74) is 7.16. The van der Waals surface area contributed by atoms with Crippen LogP contribution in [0.4, 0.5) is 0 Å². The minimum absolute atomic E-state index is 0.00189. The average Bonchev–Trinajstić information content (AvgIpc) is 3.92. The van der Waals surface area contributed by atoms with Gasteiger partial charge in [0.05, 0.1) is 5.69 Å². The van der Waals surface area contributed by atoms with Gasteiger partial charge < -0.3 is 9.59 Å². The Balaban J connectivity index is 0.000000204. The zero-order valence-electron chi connectivity index (χ0n) is 38.3. The van der Waals surface area contributed by atoms with Crippen molar-refractivity contribution in [3.63, 3.8) is 0 Å². The van der Waals surface area contributed by atoms with Crippen molar-refractivity contribution in [1.82, 2.24) is 38.3 Å². The molecule has 4 heterocycles. The quantitative estimate of drug-likeness (QED) is 0.0714. The minimum atomic E-state index is -3.85. The van der Waals surface area contributed by atoms with E-state index in [-0.39, 0.29) is 47.7 Å². The molecule has 8 rings (SSSR count). The zero-order chi connectivity index (χ0) is 48.6. The van der Waals surface area contributed by atoms with Crippen LogP contribution in [0.3, 0.4) is 0 Å². The van der Waals surface area contributed by atoms with Gasteiger partial charge in [-0.05, 0) is 109 Å². The molecule has 0 aliphatic rings. The standard InChI is InChI=1S/C27H26N4O3S.C26H26N4O3S/c1-21(32)9-10-22-6-4-7-24(18-22)20-31(35(33,34)26-8-2-3-15-28-26)19-23-11-13-25(14-12-23)27-29-16-5-17-30-27;1-21(31)8-9-22-5-2-6-24(17-22)20-29(34(32,33)26-7-3-14-27-18-26)19-23-10-12-25(13-11-23)30-16-4-15-28-30/h2-8,11-18H,9-10,19-20H2,1H3;2-7,10-18H,8-9,19-20H2,1H3. The van der Waals surface area contributed by atoms with Gasteiger partial charge in [-0.25, -0.2) is 36.5 Å². The lowest BCUT2D eigenvalue weighted by atomic mass is 10.0. The topological polar surface area (TPSA) is 178 Å². The highest BCUT2D eigenvalue weighted by Gasteiger charge is 2.27. The monoisotopic (exact) mass is 960 g/mol. The van der Waals surface area contributed by atoms with Crippen molar-refractivity contribution in [3.05, 3.63) is 216 Å². The molecule has 0 bridgehead atoms. The van der Waals surface area contributed by atoms with Crippen LogP contribution in [0, 0.1) is 0 Å². The van der Waals surface area contributed by atoms with E-state index in [9.17, 15) is 26.4 Å². The number of hydrogen-bond acceptors (Lipinski definition) is 11. The molecule has 0 saturated carbocycles. The van der Waals surface area contributed by atoms with Crippen LogP contribution >= 0.6 is 0 Å². The first-order chi connectivity index (χ1) is 33.3. The predicted molar refractivity (Wildman–Crippen MR) is 263 cm³/mol. The minimum Gasteiger partial charge on any atom is -0.300 e. The lowest BCUT2D eigenvalue weighted by Gasteiger charge is -2.23. The highest BCUT2D eigenvalue weighted by Crippen LogP contribution is 2.24. The highest BCUT2D eigenvalue weighted by molar-refractivity contribution is 7.89. The van der Waals surface area contributed by atoms with Crippen molar-refractivity contribution in [2.45, 2.75) is 75.6 Å². The average molecular weight is 961 g/mol. The maximum Gasteiger partial charge on any atom is 0.261 e. The molecular formula is C53H52N8O6S2. The normalized spacial score (nSPS) is 11.5. The molecular weight excluding hydrogens is 909 g/mol. The molecule has 4 aromatic heterocycles. The molecule has 0 aliphatic carbocycles. The van der Waals surface area contributed by atoms with Crippen LogP contribution in [0.1, 0.15) is 60.1 Å². The van der Waals surface area contributed by atoms with Crippen LogP contribution in [0.25, 0.3) is 17.1 Å². The number of pyridine rings is 2. The van der Waals surface area contributed by atoms with Gasteiger partial charge in [-0.2, -0.15) is 13.7 Å². The first-order valence-electron chi connectivity index (χ1n) is 22.2. The van der Waals surface area contributed by atoms with Crippen LogP contribution in [-0.2, 0) is 68.7 Å². The first kappa shape index (κ1) is 49.5. The molecule has 16 heteroatoms. The Hall–Kier alpha value is -7.37. The van der Waals surface area contributed by atoms with Gasteiger partial charge in [-0.3, -0.25) is 4.98 Å². The van der Waals surface area contributed by atoms with Crippen molar-refractivity contribution in [3.8, 4) is 17.1 Å². The second-order valence-corrected chi connectivity index (χ2v) is 20.2. The summed E-state index contributed by atoms with van der Waals surface area (Å²) in [4.78, 5) is 39.5. The molecule has 0 unspecified atom stereocenters. The number of sulfonamides is 2. The molecule has 0 aliphatic heterocycles. The summed E-state index contributed by atoms with van der Waals surface area (Å²) in [6.45, 7) is 3.90. The number of benzene rings is 4. The molecule has 352 valence electrons. The molecule has 0 atom stereocenters. The van der Waals surface area contributed by atoms with Crippen molar-refractivity contribution in [2.75, 3.05) is 0 Å². The summed E-state index contributed by atoms with van der Waals surface area (Å²) >= 11 is 0. The van der Waals surface area contributed by atoms with E-state index in [0.717, 1.165) is 44.6 Å². The van der Waals surface area contributed by atoms with Crippen LogP contribution in [-0.4, -0.2) is 66.7 Å². The van der Waals surface area contributed by atoms with E-state index in [2.05, 4.69) is 25.0 Å². The van der Waals surface area contributed by atoms with Gasteiger partial charge in [0.1, 0.15) is 16.5 Å². The molecule has 0 N–H and O–H groups in total. The predicted octanol–water partition coefficient (Wildman–Crippen LogP) is 8.63. The number of carbonyl (C=O) groups excluding carboxylic acids is 2. The molecule has 8 aromatic rings. The molecule has 0 fully saturated rings. The lowest BCUT2D eigenvalue weighted by molar-refractivity contribution is -0.117. The highest BCUT2D eigenvalue weighted by atomic mass is 32.2. The van der Waals surface area contributed by atoms with Gasteiger partial charge in [-0.1, -0.05) is 91.0 Å². The Morgan fingerprint density at radius 2 is 1.06 bits per heavy atom. The Morgan fingerprint density at radius 1 is 0.507 bits per heavy atom. The van der Waals surface area contributed by atoms with Crippen LogP contribution < -0.4 is 0 Å². The van der Waals surface area contributed by atoms with Gasteiger partial charge in [-0.15, -0.1) is 0 Å². The first-order valence-corrected chi connectivity index (χ1v) is 25.1. The largest absolute Gasteiger partial charge is 0.300 e. The molecule has 0 radical (unpaired) electrons. The fourth-order valence-electron chi connectivity index (χ4n) is 7.34. The Kier molecular flexibility index (Phi) is 16.9. The van der Waals surface area contributed by atoms with Gasteiger partial charge in [0.15, 0.2) is 10.9 Å². The van der Waals surface area contributed by atoms with Crippen molar-refractivity contribution in [1.29, 1.82) is 0 Å². The third-order valence-electron chi connectivity index (χ3n) is 10.9. The summed E-state index contributed by atoms with van der Waals surface area (Å²) in [6.07, 6.45) is 13.5. The summed E-state index contributed by atoms with van der Waals surface area (Å²) in [5, 5.41) is 4.23. The number of carbonyl (C=O) groups is 2. The number of hydrogen-bond donors (Lipinski definition) is 0. The molecule has 4 aromatic carbocycles. The fraction of sp³-hybridized carbons (Fsp3) is 0.189. The molecule has 0 spiro atoms. The van der Waals surface area contributed by atoms with Gasteiger partial charge in [0.25, 0.3) is 10.0 Å². The van der Waals surface area contributed by atoms with Crippen LogP contribution in [0.2, 0.25) is 0 Å². The van der Waals surface area contributed by atoms with E-state index < -0.39 is 20.0 Å². The second kappa shape index (κ2) is 23.6. The summed E-state index contributed by atoms with van der Waals surface area (Å²) < 4.78 is 58.7. The third kappa shape index (κ3) is 14.1. The maximum absolute atomic E-state index is 13.5. The lowest BCUT2D eigenvalue weighted by Crippen LogP contribution is -2.31. The van der Waals surface area contributed by atoms with Crippen molar-refractivity contribution in [2.24, 2.45) is 0 Å². The smallest absolute Gasteiger partial charge is 0.261 e. The Bertz CT molecular complexity index is 3140. The van der Waals surface area contributed by atoms with Gasteiger partial charge >= 0.3 is 0 Å². The number of aromatic nitrogens is 6. The van der Waals surface area contributed by atoms with Gasteiger partial charge in [0.2, 0.25) is 10.0 Å². The summed E-state index contributed by atoms with van der Waals surface area (Å²) in [7, 11) is -7.65. The number of rotatable bonds is 20. The third-order valence-corrected chi connectivity index (χ3v) is 14.4. The molecule has 0 amide bonds. The Labute approximate surface area is 403 Å². The second-order valence-electron chi connectivity index (χ2n) is 16.3. The number of Topliss-reactive ketones (excluding diaryl/α,β-unsaturated/α-hetero) is 2. The van der Waals surface area contributed by atoms with Crippen LogP contribution in [0.15, 0.2) is 193 Å². The van der Waals surface area contributed by atoms with E-state index in [1.807, 2.05) is 109 Å². The fourth-order valence-corrected chi connectivity index (χ4v) is 10.1. The maximum atomic E-state index is 13.5. The number of ketones is 2. The van der Waals surface area contributed by atoms with Gasteiger partial charge in [0, 0.05) is 88.0 Å². The molecule has 69 heavy (non-hydrogen) atoms. The van der Waals surface area contributed by atoms with Crippen molar-refractivity contribution < 1.29 is 26.4 Å². The summed E-state index contributed by atoms with van der Waals surface area (Å²) in [5.74, 6) is 0.864. The molecule has 0 saturated heterocycles. The van der Waals surface area contributed by atoms with E-state index >= 15 is 0 Å². The van der Waals surface area contributed by atoms with E-state index in [1.165, 1.54) is 27.1 Å². The zero-order valence-corrected chi connectivity index (χ0v) is 40.0. The number of aryl methyl sites for hydroxylation is 2. The summed E-state index contributed by atoms with van der Waals surface area (Å²) in [6, 6.07) is 42.3. The number of nitrogens with zero attached hydrogens (tertiary/aromatic N) is 8. The Morgan fingerprint density at radius 3 is 1.58 bits per heavy atom. The van der Waals surface area contributed by atoms with E-state index in [1.54, 1.807) is 73.6 Å². The van der Waals surface area contributed by atoms with E-state index in [0.29, 0.717) is 31.5 Å². The SMILES string of the molecule is CC(=O)CCc1cccc(CN(Cc2ccc(-c3ncccn3)cc2)S(=O)(=O)c2ccccn2)c1.CC(=O)CCc1cccc(CN(Cc2ccc(-n3cccn3)cc2)S(=O)(=O)c2cccnc2)c1. The van der Waals surface area contributed by atoms with E-state index in [4.69, 9.17) is 0 Å².